The van der Waals surface area contributed by atoms with Gasteiger partial charge in [-0.05, 0) is 23.8 Å². The molecular formula is C23H20F3N7O4. The van der Waals surface area contributed by atoms with Crippen molar-refractivity contribution in [1.29, 1.82) is 0 Å². The van der Waals surface area contributed by atoms with Crippen LogP contribution in [0.1, 0.15) is 15.9 Å². The number of halogens is 3. The first-order valence-corrected chi connectivity index (χ1v) is 10.5. The van der Waals surface area contributed by atoms with Gasteiger partial charge < -0.3 is 10.4 Å². The molecule has 0 unspecified atom stereocenters. The molecule has 2 aromatic carbocycles. The molecule has 2 heterocycles. The molecule has 0 atom stereocenters. The van der Waals surface area contributed by atoms with E-state index in [1.54, 1.807) is 42.3 Å². The Kier molecular flexibility index (Phi) is 8.35. The maximum atomic E-state index is 12.4. The third-order valence-corrected chi connectivity index (χ3v) is 4.51. The molecule has 4 rings (SSSR count). The SMILES string of the molecule is Cn1cnc(NC(=O)c2cccc(-n3cc(NC(=O)Cc4ccccc4)cn3)c2)n1.O=C(O)C(F)(F)F. The molecule has 0 bridgehead atoms. The molecule has 0 spiro atoms. The van der Waals surface area contributed by atoms with Crippen molar-refractivity contribution in [2.24, 2.45) is 7.05 Å². The van der Waals surface area contributed by atoms with E-state index in [1.807, 2.05) is 36.4 Å². The Balaban J connectivity index is 0.000000479. The van der Waals surface area contributed by atoms with Crippen molar-refractivity contribution in [3.05, 3.63) is 84.4 Å². The molecule has 0 aliphatic heterocycles. The first-order chi connectivity index (χ1) is 17.5. The number of hydrogen-bond donors (Lipinski definition) is 3. The van der Waals surface area contributed by atoms with Gasteiger partial charge >= 0.3 is 12.1 Å². The number of nitrogens with zero attached hydrogens (tertiary/aromatic N) is 5. The standard InChI is InChI=1S/C21H19N7O2.C2HF3O2/c1-27-14-22-21(26-27)25-20(30)16-8-5-9-18(11-16)28-13-17(12-23-28)24-19(29)10-15-6-3-2-4-7-15;3-2(4,5)1(6)7/h2-9,11-14H,10H2,1H3,(H,24,29)(H,25,26,30);(H,6,7). The number of aryl methyl sites for hydroxylation is 1. The third-order valence-electron chi connectivity index (χ3n) is 4.51. The summed E-state index contributed by atoms with van der Waals surface area (Å²) in [6.07, 6.45) is -0.0414. The van der Waals surface area contributed by atoms with E-state index >= 15 is 0 Å². The first-order valence-electron chi connectivity index (χ1n) is 10.5. The van der Waals surface area contributed by atoms with E-state index < -0.39 is 12.1 Å². The number of nitrogens with one attached hydrogen (secondary N) is 2. The van der Waals surface area contributed by atoms with Gasteiger partial charge in [0.05, 0.1) is 30.2 Å². The minimum Gasteiger partial charge on any atom is -0.475 e. The summed E-state index contributed by atoms with van der Waals surface area (Å²) in [5.74, 6) is -2.98. The van der Waals surface area contributed by atoms with Crippen molar-refractivity contribution >= 4 is 29.4 Å². The van der Waals surface area contributed by atoms with Gasteiger partial charge in [0.1, 0.15) is 6.33 Å². The number of hydrogen-bond acceptors (Lipinski definition) is 6. The normalized spacial score (nSPS) is 10.7. The van der Waals surface area contributed by atoms with Crippen molar-refractivity contribution in [3.63, 3.8) is 0 Å². The van der Waals surface area contributed by atoms with Crippen LogP contribution in [0.25, 0.3) is 5.69 Å². The zero-order valence-corrected chi connectivity index (χ0v) is 19.2. The van der Waals surface area contributed by atoms with Crippen LogP contribution in [0.4, 0.5) is 24.8 Å². The monoisotopic (exact) mass is 515 g/mol. The van der Waals surface area contributed by atoms with Crippen LogP contribution in [-0.4, -0.2) is 53.6 Å². The fourth-order valence-corrected chi connectivity index (χ4v) is 2.87. The fourth-order valence-electron chi connectivity index (χ4n) is 2.87. The van der Waals surface area contributed by atoms with Crippen molar-refractivity contribution in [3.8, 4) is 5.69 Å². The van der Waals surface area contributed by atoms with E-state index in [-0.39, 0.29) is 24.2 Å². The number of rotatable bonds is 6. The Morgan fingerprint density at radius 3 is 2.35 bits per heavy atom. The smallest absolute Gasteiger partial charge is 0.475 e. The first kappa shape index (κ1) is 26.6. The lowest BCUT2D eigenvalue weighted by Gasteiger charge is -2.05. The number of carbonyl (C=O) groups excluding carboxylic acids is 2. The van der Waals surface area contributed by atoms with E-state index in [1.165, 1.54) is 11.0 Å². The number of carbonyl (C=O) groups is 3. The van der Waals surface area contributed by atoms with Crippen molar-refractivity contribution in [2.45, 2.75) is 12.6 Å². The average molecular weight is 515 g/mol. The summed E-state index contributed by atoms with van der Waals surface area (Å²) in [6.45, 7) is 0. The van der Waals surface area contributed by atoms with Gasteiger partial charge in [-0.2, -0.15) is 18.3 Å². The third kappa shape index (κ3) is 8.02. The molecule has 0 aliphatic rings. The quantitative estimate of drug-likeness (QED) is 0.358. The predicted octanol–water partition coefficient (Wildman–Crippen LogP) is 3.07. The van der Waals surface area contributed by atoms with Gasteiger partial charge in [-0.1, -0.05) is 36.4 Å². The van der Waals surface area contributed by atoms with Gasteiger partial charge in [0.2, 0.25) is 11.9 Å². The minimum absolute atomic E-state index is 0.128. The molecule has 0 saturated carbocycles. The summed E-state index contributed by atoms with van der Waals surface area (Å²) in [5, 5.41) is 20.9. The topological polar surface area (TPSA) is 144 Å². The van der Waals surface area contributed by atoms with Crippen LogP contribution in [0.3, 0.4) is 0 Å². The molecule has 0 fully saturated rings. The maximum Gasteiger partial charge on any atom is 0.490 e. The van der Waals surface area contributed by atoms with Crippen molar-refractivity contribution in [2.75, 3.05) is 10.6 Å². The lowest BCUT2D eigenvalue weighted by molar-refractivity contribution is -0.192. The molecule has 2 amide bonds. The highest BCUT2D eigenvalue weighted by Gasteiger charge is 2.38. The molecular weight excluding hydrogens is 495 g/mol. The molecule has 2 aromatic heterocycles. The van der Waals surface area contributed by atoms with Crippen LogP contribution >= 0.6 is 0 Å². The number of alkyl halides is 3. The second kappa shape index (κ2) is 11.6. The van der Waals surface area contributed by atoms with E-state index in [0.29, 0.717) is 16.9 Å². The molecule has 37 heavy (non-hydrogen) atoms. The van der Waals surface area contributed by atoms with Crippen LogP contribution in [0.15, 0.2) is 73.3 Å². The number of anilines is 2. The van der Waals surface area contributed by atoms with Crippen molar-refractivity contribution < 1.29 is 32.7 Å². The second-order valence-corrected chi connectivity index (χ2v) is 7.43. The summed E-state index contributed by atoms with van der Waals surface area (Å²) in [4.78, 5) is 37.6. The van der Waals surface area contributed by atoms with Gasteiger partial charge in [0.25, 0.3) is 5.91 Å². The van der Waals surface area contributed by atoms with Crippen LogP contribution in [0.5, 0.6) is 0 Å². The Morgan fingerprint density at radius 1 is 1.03 bits per heavy atom. The molecule has 4 aromatic rings. The fraction of sp³-hybridized carbons (Fsp3) is 0.130. The van der Waals surface area contributed by atoms with E-state index in [9.17, 15) is 22.8 Å². The van der Waals surface area contributed by atoms with Crippen LogP contribution in [-0.2, 0) is 23.1 Å². The van der Waals surface area contributed by atoms with Crippen LogP contribution in [0, 0.1) is 0 Å². The Labute approximate surface area is 207 Å². The number of aliphatic carboxylic acids is 1. The highest BCUT2D eigenvalue weighted by Crippen LogP contribution is 2.15. The Hall–Kier alpha value is -5.01. The second-order valence-electron chi connectivity index (χ2n) is 7.43. The molecule has 0 aliphatic carbocycles. The summed E-state index contributed by atoms with van der Waals surface area (Å²) in [6, 6.07) is 16.5. The molecule has 192 valence electrons. The predicted molar refractivity (Wildman–Crippen MR) is 125 cm³/mol. The largest absolute Gasteiger partial charge is 0.490 e. The minimum atomic E-state index is -5.08. The number of carboxylic acid groups (broad SMARTS) is 1. The summed E-state index contributed by atoms with van der Waals surface area (Å²) >= 11 is 0. The number of amides is 2. The molecule has 3 N–H and O–H groups in total. The van der Waals surface area contributed by atoms with Gasteiger partial charge in [0.15, 0.2) is 0 Å². The number of carboxylic acids is 1. The Morgan fingerprint density at radius 2 is 1.73 bits per heavy atom. The van der Waals surface area contributed by atoms with E-state index in [2.05, 4.69) is 25.8 Å². The summed E-state index contributed by atoms with van der Waals surface area (Å²) < 4.78 is 34.8. The van der Waals surface area contributed by atoms with Crippen LogP contribution in [0.2, 0.25) is 0 Å². The molecule has 14 heteroatoms. The lowest BCUT2D eigenvalue weighted by atomic mass is 10.1. The molecule has 0 saturated heterocycles. The zero-order chi connectivity index (χ0) is 27.0. The number of aromatic nitrogens is 5. The van der Waals surface area contributed by atoms with Crippen LogP contribution < -0.4 is 10.6 Å². The van der Waals surface area contributed by atoms with Gasteiger partial charge in [-0.15, -0.1) is 5.10 Å². The number of benzene rings is 2. The van der Waals surface area contributed by atoms with Gasteiger partial charge in [0, 0.05) is 12.6 Å². The summed E-state index contributed by atoms with van der Waals surface area (Å²) in [5.41, 5.74) is 2.62. The van der Waals surface area contributed by atoms with Crippen molar-refractivity contribution in [1.82, 2.24) is 24.5 Å². The van der Waals surface area contributed by atoms with E-state index in [0.717, 1.165) is 5.56 Å². The molecule has 11 nitrogen and oxygen atoms in total. The van der Waals surface area contributed by atoms with Gasteiger partial charge in [-0.3, -0.25) is 19.6 Å². The van der Waals surface area contributed by atoms with E-state index in [4.69, 9.17) is 9.90 Å². The lowest BCUT2D eigenvalue weighted by Crippen LogP contribution is -2.21. The molecule has 0 radical (unpaired) electrons. The Bertz CT molecular complexity index is 1380. The maximum absolute atomic E-state index is 12.4. The van der Waals surface area contributed by atoms with Gasteiger partial charge in [-0.25, -0.2) is 14.5 Å². The summed E-state index contributed by atoms with van der Waals surface area (Å²) in [7, 11) is 1.72. The average Bonchev–Trinajstić information content (AvgIpc) is 3.48. The zero-order valence-electron chi connectivity index (χ0n) is 19.2. The highest BCUT2D eigenvalue weighted by atomic mass is 19.4. The highest BCUT2D eigenvalue weighted by molar-refractivity contribution is 6.03.